The molecule has 0 saturated carbocycles. The van der Waals surface area contributed by atoms with Gasteiger partial charge < -0.3 is 10.0 Å². The van der Waals surface area contributed by atoms with Gasteiger partial charge in [-0.2, -0.15) is 0 Å². The van der Waals surface area contributed by atoms with Crippen LogP contribution in [0.4, 0.5) is 0 Å². The van der Waals surface area contributed by atoms with E-state index in [-0.39, 0.29) is 0 Å². The highest BCUT2D eigenvalue weighted by molar-refractivity contribution is 7.21. The zero-order chi connectivity index (χ0) is 17.1. The Morgan fingerprint density at radius 1 is 1.00 bits per heavy atom. The van der Waals surface area contributed by atoms with E-state index in [9.17, 15) is 5.11 Å². The van der Waals surface area contributed by atoms with Gasteiger partial charge in [-0.25, -0.2) is 0 Å². The molecule has 3 nitrogen and oxygen atoms in total. The molecule has 3 aromatic rings. The van der Waals surface area contributed by atoms with E-state index in [2.05, 4.69) is 23.1 Å². The van der Waals surface area contributed by atoms with Crippen LogP contribution >= 0.6 is 11.3 Å². The number of aromatic hydroxyl groups is 1. The van der Waals surface area contributed by atoms with Crippen LogP contribution in [0.2, 0.25) is 0 Å². The van der Waals surface area contributed by atoms with Crippen molar-refractivity contribution < 1.29 is 5.11 Å². The van der Waals surface area contributed by atoms with E-state index < -0.39 is 0 Å². The summed E-state index contributed by atoms with van der Waals surface area (Å²) in [7, 11) is 0. The van der Waals surface area contributed by atoms with Crippen LogP contribution in [-0.4, -0.2) is 41.9 Å². The van der Waals surface area contributed by atoms with Gasteiger partial charge in [0.05, 0.1) is 17.1 Å². The van der Waals surface area contributed by atoms with Gasteiger partial charge in [-0.15, -0.1) is 11.3 Å². The number of benzene rings is 2. The molecule has 2 aromatic carbocycles. The molecule has 0 aliphatic carbocycles. The molecule has 1 aliphatic rings. The summed E-state index contributed by atoms with van der Waals surface area (Å²) in [6.07, 6.45) is 2.60. The number of likely N-dealkylation sites (tertiary alicyclic amines) is 1. The maximum atomic E-state index is 10.8. The number of nitrogens with zero attached hydrogens (tertiary/aromatic N) is 2. The minimum absolute atomic E-state index is 0.351. The largest absolute Gasteiger partial charge is 0.506 e. The Morgan fingerprint density at radius 3 is 2.48 bits per heavy atom. The molecule has 25 heavy (non-hydrogen) atoms. The Labute approximate surface area is 152 Å². The fourth-order valence-electron chi connectivity index (χ4n) is 3.39. The molecule has 1 fully saturated rings. The van der Waals surface area contributed by atoms with E-state index in [4.69, 9.17) is 4.99 Å². The fraction of sp³-hybridized carbons (Fsp3) is 0.286. The third kappa shape index (κ3) is 3.46. The lowest BCUT2D eigenvalue weighted by Crippen LogP contribution is -2.22. The molecule has 4 heteroatoms. The molecule has 2 heterocycles. The number of thiophene rings is 1. The summed E-state index contributed by atoms with van der Waals surface area (Å²) in [5.74, 6) is 0.351. The van der Waals surface area contributed by atoms with Crippen LogP contribution in [0.15, 0.2) is 59.6 Å². The van der Waals surface area contributed by atoms with Gasteiger partial charge in [0.1, 0.15) is 5.75 Å². The van der Waals surface area contributed by atoms with E-state index in [1.54, 1.807) is 11.3 Å². The number of aliphatic imine (C=N–C) groups is 1. The van der Waals surface area contributed by atoms with Crippen molar-refractivity contribution in [1.29, 1.82) is 0 Å². The van der Waals surface area contributed by atoms with Crippen molar-refractivity contribution in [3.05, 3.63) is 65.0 Å². The molecule has 0 bridgehead atoms. The second kappa shape index (κ2) is 7.38. The SMILES string of the molecule is Oc1c(C(=NCCN2CCCC2)c2ccccc2)sc2ccccc12. The summed E-state index contributed by atoms with van der Waals surface area (Å²) in [4.78, 5) is 8.25. The van der Waals surface area contributed by atoms with E-state index >= 15 is 0 Å². The molecular weight excluding hydrogens is 328 g/mol. The average molecular weight is 350 g/mol. The molecule has 1 saturated heterocycles. The monoisotopic (exact) mass is 350 g/mol. The lowest BCUT2D eigenvalue weighted by Gasteiger charge is -2.13. The summed E-state index contributed by atoms with van der Waals surface area (Å²) in [6, 6.07) is 18.2. The van der Waals surface area contributed by atoms with Crippen molar-refractivity contribution in [2.24, 2.45) is 4.99 Å². The van der Waals surface area contributed by atoms with Crippen LogP contribution in [0.25, 0.3) is 10.1 Å². The van der Waals surface area contributed by atoms with Crippen LogP contribution in [0.3, 0.4) is 0 Å². The normalized spacial score (nSPS) is 15.9. The number of hydrogen-bond donors (Lipinski definition) is 1. The Hall–Kier alpha value is -2.17. The van der Waals surface area contributed by atoms with Gasteiger partial charge >= 0.3 is 0 Å². The van der Waals surface area contributed by atoms with Gasteiger partial charge in [0.2, 0.25) is 0 Å². The first-order valence-corrected chi connectivity index (χ1v) is 9.67. The van der Waals surface area contributed by atoms with Crippen molar-refractivity contribution in [3.8, 4) is 5.75 Å². The highest BCUT2D eigenvalue weighted by Crippen LogP contribution is 2.38. The van der Waals surface area contributed by atoms with Crippen LogP contribution in [0.1, 0.15) is 23.3 Å². The maximum absolute atomic E-state index is 10.8. The third-order valence-corrected chi connectivity index (χ3v) is 5.88. The highest BCUT2D eigenvalue weighted by Gasteiger charge is 2.18. The highest BCUT2D eigenvalue weighted by atomic mass is 32.1. The van der Waals surface area contributed by atoms with Crippen molar-refractivity contribution in [2.75, 3.05) is 26.2 Å². The minimum Gasteiger partial charge on any atom is -0.506 e. The summed E-state index contributed by atoms with van der Waals surface area (Å²) >= 11 is 1.62. The van der Waals surface area contributed by atoms with Crippen LogP contribution in [0.5, 0.6) is 5.75 Å². The molecule has 1 N–H and O–H groups in total. The molecule has 4 rings (SSSR count). The van der Waals surface area contributed by atoms with E-state index in [0.29, 0.717) is 5.75 Å². The molecule has 128 valence electrons. The molecule has 1 aromatic heterocycles. The Balaban J connectivity index is 1.70. The molecule has 1 aliphatic heterocycles. The average Bonchev–Trinajstić information content (AvgIpc) is 3.28. The van der Waals surface area contributed by atoms with Crippen LogP contribution in [0, 0.1) is 0 Å². The fourth-order valence-corrected chi connectivity index (χ4v) is 4.52. The summed E-state index contributed by atoms with van der Waals surface area (Å²) in [5, 5.41) is 11.7. The first-order chi connectivity index (χ1) is 12.3. The lowest BCUT2D eigenvalue weighted by atomic mass is 10.1. The van der Waals surface area contributed by atoms with Gasteiger partial charge in [0, 0.05) is 22.2 Å². The van der Waals surface area contributed by atoms with Crippen molar-refractivity contribution in [2.45, 2.75) is 12.8 Å². The van der Waals surface area contributed by atoms with Crippen LogP contribution < -0.4 is 0 Å². The van der Waals surface area contributed by atoms with E-state index in [0.717, 1.165) is 39.3 Å². The smallest absolute Gasteiger partial charge is 0.143 e. The molecule has 0 spiro atoms. The van der Waals surface area contributed by atoms with Crippen molar-refractivity contribution in [3.63, 3.8) is 0 Å². The molecular formula is C21H22N2OS. The van der Waals surface area contributed by atoms with Gasteiger partial charge in [-0.05, 0) is 38.1 Å². The predicted octanol–water partition coefficient (Wildman–Crippen LogP) is 4.54. The summed E-state index contributed by atoms with van der Waals surface area (Å²) < 4.78 is 1.10. The molecule has 0 unspecified atom stereocenters. The van der Waals surface area contributed by atoms with Crippen LogP contribution in [-0.2, 0) is 0 Å². The zero-order valence-electron chi connectivity index (χ0n) is 14.2. The van der Waals surface area contributed by atoms with E-state index in [1.165, 1.54) is 25.9 Å². The second-order valence-electron chi connectivity index (χ2n) is 6.42. The van der Waals surface area contributed by atoms with Gasteiger partial charge in [-0.1, -0.05) is 42.5 Å². The second-order valence-corrected chi connectivity index (χ2v) is 7.47. The predicted molar refractivity (Wildman–Crippen MR) is 106 cm³/mol. The number of rotatable bonds is 5. The maximum Gasteiger partial charge on any atom is 0.143 e. The zero-order valence-corrected chi connectivity index (χ0v) is 15.0. The summed E-state index contributed by atoms with van der Waals surface area (Å²) in [6.45, 7) is 4.12. The molecule has 0 radical (unpaired) electrons. The van der Waals surface area contributed by atoms with Crippen molar-refractivity contribution in [1.82, 2.24) is 4.90 Å². The Kier molecular flexibility index (Phi) is 4.81. The first-order valence-electron chi connectivity index (χ1n) is 8.86. The molecule has 0 atom stereocenters. The van der Waals surface area contributed by atoms with Gasteiger partial charge in [0.15, 0.2) is 0 Å². The topological polar surface area (TPSA) is 35.8 Å². The van der Waals surface area contributed by atoms with Gasteiger partial charge in [0.25, 0.3) is 0 Å². The number of hydrogen-bond acceptors (Lipinski definition) is 4. The Bertz CT molecular complexity index is 879. The van der Waals surface area contributed by atoms with Crippen molar-refractivity contribution >= 4 is 27.1 Å². The minimum atomic E-state index is 0.351. The quantitative estimate of drug-likeness (QED) is 0.686. The molecule has 0 amide bonds. The summed E-state index contributed by atoms with van der Waals surface area (Å²) in [5.41, 5.74) is 1.96. The van der Waals surface area contributed by atoms with E-state index in [1.807, 2.05) is 36.4 Å². The lowest BCUT2D eigenvalue weighted by molar-refractivity contribution is 0.349. The standard InChI is InChI=1S/C21H22N2OS/c24-20-17-10-4-5-11-18(17)25-21(20)19(16-8-2-1-3-9-16)22-12-15-23-13-6-7-14-23/h1-5,8-11,24H,6-7,12-15H2. The third-order valence-electron chi connectivity index (χ3n) is 4.72. The Morgan fingerprint density at radius 2 is 1.72 bits per heavy atom. The number of fused-ring (bicyclic) bond motifs is 1. The van der Waals surface area contributed by atoms with Gasteiger partial charge in [-0.3, -0.25) is 4.99 Å². The first kappa shape index (κ1) is 16.3.